The van der Waals surface area contributed by atoms with Crippen LogP contribution in [0, 0.1) is 0 Å². The Bertz CT molecular complexity index is 1220. The van der Waals surface area contributed by atoms with Gasteiger partial charge in [-0.2, -0.15) is 4.31 Å². The lowest BCUT2D eigenvalue weighted by Gasteiger charge is -2.18. The van der Waals surface area contributed by atoms with Crippen LogP contribution in [0.2, 0.25) is 0 Å². The highest BCUT2D eigenvalue weighted by atomic mass is 32.2. The molecule has 11 nitrogen and oxygen atoms in total. The number of nitrogens with two attached hydrogens (primary N) is 1. The fourth-order valence-electron chi connectivity index (χ4n) is 2.86. The Hall–Kier alpha value is -3.00. The lowest BCUT2D eigenvalue weighted by molar-refractivity contribution is -0.119. The van der Waals surface area contributed by atoms with Crippen molar-refractivity contribution in [3.8, 4) is 5.75 Å². The maximum Gasteiger partial charge on any atom is 0.338 e. The summed E-state index contributed by atoms with van der Waals surface area (Å²) in [5, 5.41) is 7.59. The van der Waals surface area contributed by atoms with Crippen LogP contribution in [0.25, 0.3) is 0 Å². The third kappa shape index (κ3) is 6.51. The summed E-state index contributed by atoms with van der Waals surface area (Å²) in [6.07, 6.45) is 0. The summed E-state index contributed by atoms with van der Waals surface area (Å²) in [6.45, 7) is 3.47. The highest BCUT2D eigenvalue weighted by Crippen LogP contribution is 2.24. The SMILES string of the molecule is CCN(CC)S(=O)(=O)c1ccc(NC(=O)COC(=O)c2ccc(OC)c(S(N)(=O)=O)c2)cc1. The van der Waals surface area contributed by atoms with E-state index in [9.17, 15) is 26.4 Å². The van der Waals surface area contributed by atoms with E-state index in [0.717, 1.165) is 6.07 Å². The number of esters is 1. The van der Waals surface area contributed by atoms with Crippen molar-refractivity contribution in [1.82, 2.24) is 4.31 Å². The van der Waals surface area contributed by atoms with E-state index in [1.807, 2.05) is 0 Å². The van der Waals surface area contributed by atoms with Crippen molar-refractivity contribution < 1.29 is 35.9 Å². The molecule has 3 N–H and O–H groups in total. The minimum Gasteiger partial charge on any atom is -0.495 e. The Labute approximate surface area is 192 Å². The summed E-state index contributed by atoms with van der Waals surface area (Å²) < 4.78 is 59.4. The molecule has 0 bridgehead atoms. The fraction of sp³-hybridized carbons (Fsp3) is 0.300. The molecule has 0 saturated heterocycles. The second-order valence-corrected chi connectivity index (χ2v) is 10.1. The summed E-state index contributed by atoms with van der Waals surface area (Å²) in [5.74, 6) is -1.67. The summed E-state index contributed by atoms with van der Waals surface area (Å²) in [6, 6.07) is 9.05. The van der Waals surface area contributed by atoms with Gasteiger partial charge in [0.05, 0.1) is 17.6 Å². The van der Waals surface area contributed by atoms with Crippen LogP contribution in [0.4, 0.5) is 5.69 Å². The van der Waals surface area contributed by atoms with Crippen molar-refractivity contribution in [2.24, 2.45) is 5.14 Å². The van der Waals surface area contributed by atoms with Crippen molar-refractivity contribution in [1.29, 1.82) is 0 Å². The number of rotatable bonds is 10. The van der Waals surface area contributed by atoms with E-state index >= 15 is 0 Å². The van der Waals surface area contributed by atoms with Gasteiger partial charge in [0.2, 0.25) is 20.0 Å². The van der Waals surface area contributed by atoms with Crippen molar-refractivity contribution >= 4 is 37.6 Å². The largest absolute Gasteiger partial charge is 0.495 e. The maximum absolute atomic E-state index is 12.5. The smallest absolute Gasteiger partial charge is 0.338 e. The molecule has 2 rings (SSSR count). The van der Waals surface area contributed by atoms with Crippen LogP contribution in [-0.2, 0) is 29.6 Å². The van der Waals surface area contributed by atoms with Gasteiger partial charge in [0.15, 0.2) is 6.61 Å². The number of amides is 1. The van der Waals surface area contributed by atoms with Gasteiger partial charge in [-0.25, -0.2) is 26.8 Å². The standard InChI is InChI=1S/C20H25N3O8S2/c1-4-23(5-2)33(28,29)16-9-7-15(8-10-16)22-19(24)13-31-20(25)14-6-11-17(30-3)18(12-14)32(21,26)27/h6-12H,4-5,13H2,1-3H3,(H,22,24)(H2,21,26,27). The third-order valence-corrected chi connectivity index (χ3v) is 7.52. The van der Waals surface area contributed by atoms with Gasteiger partial charge in [0, 0.05) is 18.8 Å². The van der Waals surface area contributed by atoms with E-state index < -0.39 is 43.4 Å². The van der Waals surface area contributed by atoms with Crippen LogP contribution >= 0.6 is 0 Å². The van der Waals surface area contributed by atoms with Gasteiger partial charge in [0.1, 0.15) is 10.6 Å². The van der Waals surface area contributed by atoms with Crippen LogP contribution in [0.3, 0.4) is 0 Å². The first-order valence-electron chi connectivity index (χ1n) is 9.72. The van der Waals surface area contributed by atoms with Gasteiger partial charge >= 0.3 is 5.97 Å². The molecule has 0 fully saturated rings. The van der Waals surface area contributed by atoms with Crippen LogP contribution in [0.5, 0.6) is 5.75 Å². The number of nitrogens with one attached hydrogen (secondary N) is 1. The van der Waals surface area contributed by atoms with Gasteiger partial charge in [-0.05, 0) is 42.5 Å². The molecule has 1 amide bonds. The normalized spacial score (nSPS) is 11.8. The molecule has 0 aromatic heterocycles. The Kier molecular flexibility index (Phi) is 8.55. The first-order valence-corrected chi connectivity index (χ1v) is 12.7. The Morgan fingerprint density at radius 1 is 1.00 bits per heavy atom. The molecule has 0 spiro atoms. The molecule has 33 heavy (non-hydrogen) atoms. The zero-order valence-electron chi connectivity index (χ0n) is 18.3. The van der Waals surface area contributed by atoms with E-state index in [-0.39, 0.29) is 16.2 Å². The van der Waals surface area contributed by atoms with Crippen LogP contribution in [0.1, 0.15) is 24.2 Å². The average Bonchev–Trinajstić information content (AvgIpc) is 2.77. The zero-order chi connectivity index (χ0) is 24.8. The Morgan fingerprint density at radius 3 is 2.12 bits per heavy atom. The van der Waals surface area contributed by atoms with Crippen molar-refractivity contribution in [2.45, 2.75) is 23.6 Å². The third-order valence-electron chi connectivity index (χ3n) is 4.52. The summed E-state index contributed by atoms with van der Waals surface area (Å²) in [4.78, 5) is 24.0. The number of carbonyl (C=O) groups excluding carboxylic acids is 2. The molecule has 2 aromatic carbocycles. The molecule has 0 heterocycles. The summed E-state index contributed by atoms with van der Waals surface area (Å²) in [7, 11) is -6.53. The molecule has 0 atom stereocenters. The van der Waals surface area contributed by atoms with Gasteiger partial charge in [0.25, 0.3) is 5.91 Å². The molecule has 0 unspecified atom stereocenters. The topological polar surface area (TPSA) is 162 Å². The number of sulfonamides is 2. The summed E-state index contributed by atoms with van der Waals surface area (Å²) in [5.41, 5.74) is 0.161. The Morgan fingerprint density at radius 2 is 1.61 bits per heavy atom. The molecule has 0 aliphatic rings. The first kappa shape index (κ1) is 26.3. The highest BCUT2D eigenvalue weighted by molar-refractivity contribution is 7.89. The predicted octanol–water partition coefficient (Wildman–Crippen LogP) is 1.17. The average molecular weight is 500 g/mol. The van der Waals surface area contributed by atoms with Gasteiger partial charge in [-0.15, -0.1) is 0 Å². The second kappa shape index (κ2) is 10.7. The number of carbonyl (C=O) groups is 2. The van der Waals surface area contributed by atoms with Crippen molar-refractivity contribution in [2.75, 3.05) is 32.1 Å². The molecular formula is C20H25N3O8S2. The van der Waals surface area contributed by atoms with E-state index in [1.165, 1.54) is 47.8 Å². The summed E-state index contributed by atoms with van der Waals surface area (Å²) >= 11 is 0. The Balaban J connectivity index is 2.03. The molecular weight excluding hydrogens is 474 g/mol. The number of hydrogen-bond acceptors (Lipinski definition) is 8. The number of hydrogen-bond donors (Lipinski definition) is 2. The van der Waals surface area contributed by atoms with E-state index in [1.54, 1.807) is 13.8 Å². The molecule has 2 aromatic rings. The monoisotopic (exact) mass is 499 g/mol. The quantitative estimate of drug-likeness (QED) is 0.460. The number of benzene rings is 2. The van der Waals surface area contributed by atoms with Crippen LogP contribution in [0.15, 0.2) is 52.3 Å². The number of primary sulfonamides is 1. The molecule has 13 heteroatoms. The van der Waals surface area contributed by atoms with E-state index in [0.29, 0.717) is 18.8 Å². The fourth-order valence-corrected chi connectivity index (χ4v) is 5.04. The minimum absolute atomic E-state index is 0.0433. The van der Waals surface area contributed by atoms with Crippen LogP contribution in [-0.4, -0.2) is 59.8 Å². The van der Waals surface area contributed by atoms with Crippen LogP contribution < -0.4 is 15.2 Å². The second-order valence-electron chi connectivity index (χ2n) is 6.65. The van der Waals surface area contributed by atoms with Gasteiger partial charge in [-0.3, -0.25) is 4.79 Å². The predicted molar refractivity (Wildman–Crippen MR) is 120 cm³/mol. The first-order chi connectivity index (χ1) is 15.4. The van der Waals surface area contributed by atoms with Crippen molar-refractivity contribution in [3.63, 3.8) is 0 Å². The van der Waals surface area contributed by atoms with Crippen molar-refractivity contribution in [3.05, 3.63) is 48.0 Å². The maximum atomic E-state index is 12.5. The van der Waals surface area contributed by atoms with E-state index in [2.05, 4.69) is 5.32 Å². The van der Waals surface area contributed by atoms with E-state index in [4.69, 9.17) is 14.6 Å². The molecule has 0 aliphatic carbocycles. The molecule has 180 valence electrons. The molecule has 0 radical (unpaired) electrons. The highest BCUT2D eigenvalue weighted by Gasteiger charge is 2.22. The lowest BCUT2D eigenvalue weighted by atomic mass is 10.2. The number of methoxy groups -OCH3 is 1. The zero-order valence-corrected chi connectivity index (χ0v) is 19.9. The van der Waals surface area contributed by atoms with Gasteiger partial charge < -0.3 is 14.8 Å². The number of ether oxygens (including phenoxy) is 2. The number of nitrogens with zero attached hydrogens (tertiary/aromatic N) is 1. The molecule has 0 saturated carbocycles. The van der Waals surface area contributed by atoms with Gasteiger partial charge in [-0.1, -0.05) is 13.8 Å². The molecule has 0 aliphatic heterocycles. The number of anilines is 1. The lowest BCUT2D eigenvalue weighted by Crippen LogP contribution is -2.30. The minimum atomic E-state index is -4.15.